The maximum atomic E-state index is 11.5. The predicted molar refractivity (Wildman–Crippen MR) is 63.5 cm³/mol. The second kappa shape index (κ2) is 5.12. The molecule has 1 atom stereocenters. The van der Waals surface area contributed by atoms with Crippen LogP contribution in [0, 0.1) is 0 Å². The highest BCUT2D eigenvalue weighted by Crippen LogP contribution is 2.17. The molecule has 18 heavy (non-hydrogen) atoms. The van der Waals surface area contributed by atoms with Crippen LogP contribution in [-0.4, -0.2) is 22.8 Å². The maximum Gasteiger partial charge on any atom is 0.408 e. The lowest BCUT2D eigenvalue weighted by Crippen LogP contribution is -2.33. The average Bonchev–Trinajstić information content (AvgIpc) is 2.62. The smallest absolute Gasteiger partial charge is 0.408 e. The van der Waals surface area contributed by atoms with Crippen LogP contribution in [0.4, 0.5) is 4.79 Å². The van der Waals surface area contributed by atoms with Gasteiger partial charge in [0.15, 0.2) is 0 Å². The molecule has 2 N–H and O–H groups in total. The molecule has 0 unspecified atom stereocenters. The van der Waals surface area contributed by atoms with Gasteiger partial charge in [-0.1, -0.05) is 0 Å². The summed E-state index contributed by atoms with van der Waals surface area (Å²) in [6.45, 7) is 6.94. The zero-order valence-electron chi connectivity index (χ0n) is 10.8. The Morgan fingerprint density at radius 2 is 2.00 bits per heavy atom. The molecule has 6 heteroatoms. The van der Waals surface area contributed by atoms with E-state index in [2.05, 4.69) is 5.32 Å². The number of aromatic carboxylic acids is 1. The highest BCUT2D eigenvalue weighted by Gasteiger charge is 2.20. The summed E-state index contributed by atoms with van der Waals surface area (Å²) in [5.74, 6) is -0.952. The molecule has 100 valence electrons. The van der Waals surface area contributed by atoms with Gasteiger partial charge in [-0.3, -0.25) is 0 Å². The fourth-order valence-corrected chi connectivity index (χ4v) is 1.26. The van der Waals surface area contributed by atoms with Crippen molar-refractivity contribution in [3.05, 3.63) is 23.7 Å². The lowest BCUT2D eigenvalue weighted by molar-refractivity contribution is 0.0502. The van der Waals surface area contributed by atoms with Gasteiger partial charge in [-0.25, -0.2) is 9.59 Å². The third-order valence-electron chi connectivity index (χ3n) is 2.00. The zero-order valence-corrected chi connectivity index (χ0v) is 10.8. The number of carbonyl (C=O) groups excluding carboxylic acids is 1. The van der Waals surface area contributed by atoms with Crippen molar-refractivity contribution in [2.24, 2.45) is 0 Å². The van der Waals surface area contributed by atoms with E-state index in [1.165, 1.54) is 12.1 Å². The highest BCUT2D eigenvalue weighted by molar-refractivity contribution is 5.84. The molecular formula is C12H17NO5. The summed E-state index contributed by atoms with van der Waals surface area (Å²) in [6, 6.07) is 2.38. The quantitative estimate of drug-likeness (QED) is 0.866. The van der Waals surface area contributed by atoms with Gasteiger partial charge in [-0.05, 0) is 39.8 Å². The molecule has 0 saturated carbocycles. The maximum absolute atomic E-state index is 11.5. The number of nitrogens with one attached hydrogen (secondary N) is 1. The molecular weight excluding hydrogens is 238 g/mol. The zero-order chi connectivity index (χ0) is 13.9. The Labute approximate surface area is 105 Å². The highest BCUT2D eigenvalue weighted by atomic mass is 16.6. The molecule has 6 nitrogen and oxygen atoms in total. The summed E-state index contributed by atoms with van der Waals surface area (Å²) < 4.78 is 10.1. The molecule has 0 radical (unpaired) electrons. The van der Waals surface area contributed by atoms with Crippen LogP contribution in [0.1, 0.15) is 50.1 Å². The van der Waals surface area contributed by atoms with Crippen LogP contribution < -0.4 is 5.32 Å². The van der Waals surface area contributed by atoms with E-state index >= 15 is 0 Å². The molecule has 1 aromatic rings. The van der Waals surface area contributed by atoms with E-state index in [-0.39, 0.29) is 5.76 Å². The van der Waals surface area contributed by atoms with Crippen molar-refractivity contribution in [3.8, 4) is 0 Å². The number of rotatable bonds is 3. The van der Waals surface area contributed by atoms with Crippen LogP contribution >= 0.6 is 0 Å². The van der Waals surface area contributed by atoms with Crippen molar-refractivity contribution in [1.29, 1.82) is 0 Å². The van der Waals surface area contributed by atoms with Gasteiger partial charge in [0.2, 0.25) is 5.76 Å². The number of amides is 1. The second-order valence-electron chi connectivity index (χ2n) is 4.88. The van der Waals surface area contributed by atoms with Crippen molar-refractivity contribution in [1.82, 2.24) is 5.32 Å². The monoisotopic (exact) mass is 255 g/mol. The van der Waals surface area contributed by atoms with Crippen LogP contribution in [-0.2, 0) is 4.74 Å². The first-order valence-corrected chi connectivity index (χ1v) is 5.51. The topological polar surface area (TPSA) is 88.8 Å². The fraction of sp³-hybridized carbons (Fsp3) is 0.500. The van der Waals surface area contributed by atoms with Gasteiger partial charge in [-0.15, -0.1) is 0 Å². The Kier molecular flexibility index (Phi) is 4.00. The molecule has 0 bridgehead atoms. The van der Waals surface area contributed by atoms with Gasteiger partial charge in [0.1, 0.15) is 11.4 Å². The van der Waals surface area contributed by atoms with Crippen LogP contribution in [0.2, 0.25) is 0 Å². The van der Waals surface area contributed by atoms with Crippen LogP contribution in [0.25, 0.3) is 0 Å². The lowest BCUT2D eigenvalue weighted by atomic mass is 10.2. The number of hydrogen-bond acceptors (Lipinski definition) is 4. The standard InChI is InChI=1S/C12H17NO5/c1-7(13-11(16)18-12(2,3)4)8-5-6-9(17-8)10(14)15/h5-7H,1-4H3,(H,13,16)(H,14,15)/t7-/m0/s1. The number of furan rings is 1. The van der Waals surface area contributed by atoms with Crippen molar-refractivity contribution in [3.63, 3.8) is 0 Å². The molecule has 1 heterocycles. The minimum Gasteiger partial charge on any atom is -0.475 e. The summed E-state index contributed by atoms with van der Waals surface area (Å²) in [5.41, 5.74) is -0.584. The molecule has 0 fully saturated rings. The Morgan fingerprint density at radius 3 is 2.44 bits per heavy atom. The third kappa shape index (κ3) is 4.12. The molecule has 0 saturated heterocycles. The van der Waals surface area contributed by atoms with Gasteiger partial charge < -0.3 is 19.6 Å². The van der Waals surface area contributed by atoms with Gasteiger partial charge in [0.25, 0.3) is 0 Å². The Bertz CT molecular complexity index is 444. The number of carboxylic acids is 1. The Balaban J connectivity index is 2.62. The van der Waals surface area contributed by atoms with E-state index in [0.29, 0.717) is 5.76 Å². The minimum absolute atomic E-state index is 0.164. The van der Waals surface area contributed by atoms with Crippen molar-refractivity contribution in [2.45, 2.75) is 39.3 Å². The summed E-state index contributed by atoms with van der Waals surface area (Å²) in [5, 5.41) is 11.3. The van der Waals surface area contributed by atoms with Crippen LogP contribution in [0.3, 0.4) is 0 Å². The summed E-state index contributed by atoms with van der Waals surface area (Å²) in [4.78, 5) is 22.1. The first-order valence-electron chi connectivity index (χ1n) is 5.51. The first kappa shape index (κ1) is 14.1. The number of carboxylic acid groups (broad SMARTS) is 1. The predicted octanol–water partition coefficient (Wildman–Crippen LogP) is 2.56. The summed E-state index contributed by atoms with van der Waals surface area (Å²) >= 11 is 0. The normalized spacial score (nSPS) is 12.9. The molecule has 0 aromatic carbocycles. The summed E-state index contributed by atoms with van der Waals surface area (Å²) in [6.07, 6.45) is -0.580. The molecule has 1 aromatic heterocycles. The molecule has 0 aliphatic carbocycles. The van der Waals surface area contributed by atoms with E-state index in [9.17, 15) is 9.59 Å². The SMILES string of the molecule is C[C@H](NC(=O)OC(C)(C)C)c1ccc(C(=O)O)o1. The molecule has 1 amide bonds. The molecule has 0 spiro atoms. The van der Waals surface area contributed by atoms with E-state index in [1.807, 2.05) is 0 Å². The Hall–Kier alpha value is -1.98. The second-order valence-corrected chi connectivity index (χ2v) is 4.88. The largest absolute Gasteiger partial charge is 0.475 e. The van der Waals surface area contributed by atoms with E-state index in [1.54, 1.807) is 27.7 Å². The van der Waals surface area contributed by atoms with Crippen LogP contribution in [0.5, 0.6) is 0 Å². The van der Waals surface area contributed by atoms with Crippen LogP contribution in [0.15, 0.2) is 16.5 Å². The first-order chi connectivity index (χ1) is 8.19. The Morgan fingerprint density at radius 1 is 1.39 bits per heavy atom. The summed E-state index contributed by atoms with van der Waals surface area (Å²) in [7, 11) is 0. The van der Waals surface area contributed by atoms with Crippen molar-refractivity contribution in [2.75, 3.05) is 0 Å². The van der Waals surface area contributed by atoms with Gasteiger partial charge in [-0.2, -0.15) is 0 Å². The van der Waals surface area contributed by atoms with Crippen molar-refractivity contribution >= 4 is 12.1 Å². The average molecular weight is 255 g/mol. The van der Waals surface area contributed by atoms with Crippen molar-refractivity contribution < 1.29 is 23.8 Å². The van der Waals surface area contributed by atoms with Gasteiger partial charge in [0, 0.05) is 0 Å². The minimum atomic E-state index is -1.15. The molecule has 1 rings (SSSR count). The number of alkyl carbamates (subject to hydrolysis) is 1. The third-order valence-corrected chi connectivity index (χ3v) is 2.00. The fourth-order valence-electron chi connectivity index (χ4n) is 1.26. The van der Waals surface area contributed by atoms with E-state index in [0.717, 1.165) is 0 Å². The molecule has 0 aliphatic heterocycles. The number of carbonyl (C=O) groups is 2. The van der Waals surface area contributed by atoms with E-state index in [4.69, 9.17) is 14.3 Å². The van der Waals surface area contributed by atoms with E-state index < -0.39 is 23.7 Å². The molecule has 0 aliphatic rings. The lowest BCUT2D eigenvalue weighted by Gasteiger charge is -2.21. The van der Waals surface area contributed by atoms with Gasteiger partial charge >= 0.3 is 12.1 Å². The number of hydrogen-bond donors (Lipinski definition) is 2. The van der Waals surface area contributed by atoms with Gasteiger partial charge in [0.05, 0.1) is 6.04 Å². The number of ether oxygens (including phenoxy) is 1.